The van der Waals surface area contributed by atoms with E-state index in [9.17, 15) is 0 Å². The van der Waals surface area contributed by atoms with E-state index in [0.29, 0.717) is 12.1 Å². The van der Waals surface area contributed by atoms with Crippen LogP contribution < -0.4 is 0 Å². The second-order valence-corrected chi connectivity index (χ2v) is 2.19. The minimum absolute atomic E-state index is 0.585. The van der Waals surface area contributed by atoms with Crippen LogP contribution in [0.2, 0.25) is 0 Å². The zero-order valence-electron chi connectivity index (χ0n) is 5.26. The largest absolute Gasteiger partial charge is 0.305 e. The lowest BCUT2D eigenvalue weighted by atomic mass is 10.1. The molecule has 0 aromatic carbocycles. The Morgan fingerprint density at radius 2 is 2.30 bits per heavy atom. The predicted molar refractivity (Wildman–Crippen MR) is 36.8 cm³/mol. The van der Waals surface area contributed by atoms with Gasteiger partial charge in [-0.3, -0.25) is 0 Å². The van der Waals surface area contributed by atoms with Crippen LogP contribution in [-0.2, 0) is 6.42 Å². The van der Waals surface area contributed by atoms with Crippen molar-refractivity contribution in [2.24, 2.45) is 0 Å². The first kappa shape index (κ1) is 5.34. The molecule has 1 heterocycles. The van der Waals surface area contributed by atoms with Gasteiger partial charge in [0, 0.05) is 12.1 Å². The molecule has 1 aromatic rings. The van der Waals surface area contributed by atoms with Crippen LogP contribution in [0.15, 0.2) is 6.08 Å². The molecule has 0 atom stereocenters. The molecule has 2 rings (SSSR count). The van der Waals surface area contributed by atoms with Gasteiger partial charge in [-0.15, -0.1) is 0 Å². The molecular formula is C6H6N4. The molecule has 0 unspecified atom stereocenters. The van der Waals surface area contributed by atoms with Crippen LogP contribution in [0, 0.1) is 5.41 Å². The predicted octanol–water partition coefficient (Wildman–Crippen LogP) is 0.394. The number of hydrogen-bond acceptors (Lipinski definition) is 3. The van der Waals surface area contributed by atoms with Crippen molar-refractivity contribution >= 4 is 11.8 Å². The van der Waals surface area contributed by atoms with Gasteiger partial charge in [0.2, 0.25) is 0 Å². The molecule has 1 aliphatic rings. The van der Waals surface area contributed by atoms with Crippen molar-refractivity contribution < 1.29 is 0 Å². The summed E-state index contributed by atoms with van der Waals surface area (Å²) >= 11 is 0. The van der Waals surface area contributed by atoms with Crippen molar-refractivity contribution in [3.8, 4) is 0 Å². The van der Waals surface area contributed by atoms with Gasteiger partial charge in [-0.05, 0) is 12.2 Å². The quantitative estimate of drug-likeness (QED) is 0.539. The third-order valence-electron chi connectivity index (χ3n) is 1.45. The van der Waals surface area contributed by atoms with Crippen LogP contribution in [-0.4, -0.2) is 21.1 Å². The van der Waals surface area contributed by atoms with Crippen LogP contribution in [0.1, 0.15) is 11.4 Å². The monoisotopic (exact) mass is 134 g/mol. The number of fused-ring (bicyclic) bond motifs is 1. The lowest BCUT2D eigenvalue weighted by Gasteiger charge is -2.00. The van der Waals surface area contributed by atoms with Gasteiger partial charge in [0.25, 0.3) is 0 Å². The Bertz CT molecular complexity index is 296. The van der Waals surface area contributed by atoms with Crippen LogP contribution in [0.4, 0.5) is 0 Å². The van der Waals surface area contributed by atoms with Gasteiger partial charge >= 0.3 is 0 Å². The average Bonchev–Trinajstić information content (AvgIpc) is 2.33. The lowest BCUT2D eigenvalue weighted by Crippen LogP contribution is -2.03. The summed E-state index contributed by atoms with van der Waals surface area (Å²) in [5.41, 5.74) is 2.31. The fourth-order valence-electron chi connectivity index (χ4n) is 0.943. The van der Waals surface area contributed by atoms with Crippen LogP contribution >= 0.6 is 0 Å². The minimum atomic E-state index is 0.585. The summed E-state index contributed by atoms with van der Waals surface area (Å²) < 4.78 is 0. The zero-order valence-corrected chi connectivity index (χ0v) is 5.26. The SMILES string of the molecule is N=C1C=Cc2n[nH]nc2C1. The highest BCUT2D eigenvalue weighted by atomic mass is 15.3. The number of H-pyrrole nitrogens is 1. The summed E-state index contributed by atoms with van der Waals surface area (Å²) in [7, 11) is 0. The molecule has 0 saturated heterocycles. The first-order valence-corrected chi connectivity index (χ1v) is 3.01. The number of rotatable bonds is 0. The van der Waals surface area contributed by atoms with Gasteiger partial charge in [0.05, 0.1) is 5.69 Å². The molecule has 2 N–H and O–H groups in total. The van der Waals surface area contributed by atoms with E-state index in [1.54, 1.807) is 12.2 Å². The smallest absolute Gasteiger partial charge is 0.109 e. The highest BCUT2D eigenvalue weighted by Gasteiger charge is 2.10. The van der Waals surface area contributed by atoms with E-state index in [1.807, 2.05) is 0 Å². The van der Waals surface area contributed by atoms with Crippen molar-refractivity contribution in [1.29, 1.82) is 5.41 Å². The maximum Gasteiger partial charge on any atom is 0.109 e. The molecular weight excluding hydrogens is 128 g/mol. The lowest BCUT2D eigenvalue weighted by molar-refractivity contribution is 0.922. The van der Waals surface area contributed by atoms with Gasteiger partial charge in [0.15, 0.2) is 0 Å². The molecule has 1 aliphatic carbocycles. The molecule has 0 amide bonds. The molecule has 4 nitrogen and oxygen atoms in total. The summed E-state index contributed by atoms with van der Waals surface area (Å²) in [5.74, 6) is 0. The topological polar surface area (TPSA) is 65.4 Å². The first-order valence-electron chi connectivity index (χ1n) is 3.01. The summed E-state index contributed by atoms with van der Waals surface area (Å²) in [6.45, 7) is 0. The van der Waals surface area contributed by atoms with Gasteiger partial charge in [0.1, 0.15) is 5.69 Å². The van der Waals surface area contributed by atoms with Gasteiger partial charge < -0.3 is 5.41 Å². The van der Waals surface area contributed by atoms with Crippen molar-refractivity contribution in [2.45, 2.75) is 6.42 Å². The van der Waals surface area contributed by atoms with Crippen molar-refractivity contribution in [1.82, 2.24) is 15.4 Å². The number of nitrogens with one attached hydrogen (secondary N) is 2. The van der Waals surface area contributed by atoms with E-state index in [0.717, 1.165) is 11.4 Å². The maximum absolute atomic E-state index is 7.29. The third kappa shape index (κ3) is 0.655. The molecule has 0 bridgehead atoms. The summed E-state index contributed by atoms with van der Waals surface area (Å²) in [6, 6.07) is 0. The third-order valence-corrected chi connectivity index (χ3v) is 1.45. The first-order chi connectivity index (χ1) is 4.86. The fraction of sp³-hybridized carbons (Fsp3) is 0.167. The van der Waals surface area contributed by atoms with E-state index >= 15 is 0 Å². The highest BCUT2D eigenvalue weighted by molar-refractivity contribution is 5.99. The Morgan fingerprint density at radius 1 is 1.40 bits per heavy atom. The second-order valence-electron chi connectivity index (χ2n) is 2.19. The Morgan fingerprint density at radius 3 is 3.20 bits per heavy atom. The summed E-state index contributed by atoms with van der Waals surface area (Å²) in [5, 5.41) is 17.6. The number of aromatic nitrogens is 3. The van der Waals surface area contributed by atoms with E-state index in [2.05, 4.69) is 15.4 Å². The molecule has 4 heteroatoms. The van der Waals surface area contributed by atoms with Crippen LogP contribution in [0.5, 0.6) is 0 Å². The number of aromatic amines is 1. The van der Waals surface area contributed by atoms with Crippen LogP contribution in [0.3, 0.4) is 0 Å². The Labute approximate surface area is 57.5 Å². The maximum atomic E-state index is 7.29. The highest BCUT2D eigenvalue weighted by Crippen LogP contribution is 2.10. The van der Waals surface area contributed by atoms with Crippen LogP contribution in [0.25, 0.3) is 6.08 Å². The van der Waals surface area contributed by atoms with Crippen molar-refractivity contribution in [2.75, 3.05) is 0 Å². The summed E-state index contributed by atoms with van der Waals surface area (Å²) in [6.07, 6.45) is 4.14. The van der Waals surface area contributed by atoms with Gasteiger partial charge in [-0.25, -0.2) is 0 Å². The molecule has 10 heavy (non-hydrogen) atoms. The van der Waals surface area contributed by atoms with Crippen molar-refractivity contribution in [3.63, 3.8) is 0 Å². The molecule has 0 radical (unpaired) electrons. The number of nitrogens with zero attached hydrogens (tertiary/aromatic N) is 2. The van der Waals surface area contributed by atoms with E-state index < -0.39 is 0 Å². The normalized spacial score (nSPS) is 15.4. The van der Waals surface area contributed by atoms with Gasteiger partial charge in [-0.1, -0.05) is 0 Å². The molecule has 50 valence electrons. The Balaban J connectivity index is 2.52. The summed E-state index contributed by atoms with van der Waals surface area (Å²) in [4.78, 5) is 0. The Hall–Kier alpha value is -1.45. The number of allylic oxidation sites excluding steroid dienone is 1. The minimum Gasteiger partial charge on any atom is -0.305 e. The van der Waals surface area contributed by atoms with E-state index in [-0.39, 0.29) is 0 Å². The molecule has 0 spiro atoms. The number of hydrogen-bond donors (Lipinski definition) is 2. The average molecular weight is 134 g/mol. The van der Waals surface area contributed by atoms with Crippen molar-refractivity contribution in [3.05, 3.63) is 17.5 Å². The molecule has 1 aromatic heterocycles. The molecule has 0 aliphatic heterocycles. The molecule has 0 saturated carbocycles. The standard InChI is InChI=1S/C6H6N4/c7-4-1-2-5-6(3-4)9-10-8-5/h1-2,7H,3H2,(H,8,9,10). The zero-order chi connectivity index (χ0) is 6.97. The van der Waals surface area contributed by atoms with Gasteiger partial charge in [-0.2, -0.15) is 15.4 Å². The van der Waals surface area contributed by atoms with E-state index in [1.165, 1.54) is 0 Å². The Kier molecular flexibility index (Phi) is 0.943. The van der Waals surface area contributed by atoms with E-state index in [4.69, 9.17) is 5.41 Å². The second kappa shape index (κ2) is 1.76. The fourth-order valence-corrected chi connectivity index (χ4v) is 0.943. The molecule has 0 fully saturated rings.